The van der Waals surface area contributed by atoms with Crippen LogP contribution in [-0.4, -0.2) is 35.5 Å². The molecule has 1 heterocycles. The highest BCUT2D eigenvalue weighted by atomic mass is 16.2. The van der Waals surface area contributed by atoms with Crippen LogP contribution in [0.5, 0.6) is 0 Å². The largest absolute Gasteiger partial charge is 0.352 e. The predicted octanol–water partition coefficient (Wildman–Crippen LogP) is 0.309. The van der Waals surface area contributed by atoms with E-state index in [1.54, 1.807) is 11.9 Å². The number of hydrogen-bond donors (Lipinski definition) is 1. The molecular formula is C11H15N5O. The normalized spacial score (nSPS) is 9.82. The molecule has 0 aliphatic rings. The van der Waals surface area contributed by atoms with E-state index in [1.807, 2.05) is 19.9 Å². The van der Waals surface area contributed by atoms with Crippen molar-refractivity contribution in [3.05, 3.63) is 18.0 Å². The van der Waals surface area contributed by atoms with Crippen LogP contribution < -0.4 is 10.2 Å². The molecule has 0 radical (unpaired) electrons. The minimum Gasteiger partial charge on any atom is -0.352 e. The lowest BCUT2D eigenvalue weighted by Gasteiger charge is -2.17. The standard InChI is InChI=1S/C11H15N5O/c1-8(2)14-10(17)7-16(3)11-13-5-4-9(6-12)15-11/h4-5,8H,7H2,1-3H3,(H,14,17). The van der Waals surface area contributed by atoms with Gasteiger partial charge in [0.15, 0.2) is 0 Å². The van der Waals surface area contributed by atoms with Crippen LogP contribution in [0, 0.1) is 11.3 Å². The summed E-state index contributed by atoms with van der Waals surface area (Å²) in [7, 11) is 1.70. The highest BCUT2D eigenvalue weighted by Gasteiger charge is 2.10. The highest BCUT2D eigenvalue weighted by Crippen LogP contribution is 2.04. The minimum absolute atomic E-state index is 0.0993. The number of hydrogen-bond acceptors (Lipinski definition) is 5. The van der Waals surface area contributed by atoms with Crippen LogP contribution in [0.4, 0.5) is 5.95 Å². The van der Waals surface area contributed by atoms with Crippen LogP contribution >= 0.6 is 0 Å². The molecule has 0 fully saturated rings. The minimum atomic E-state index is -0.103. The molecule has 0 bridgehead atoms. The monoisotopic (exact) mass is 233 g/mol. The van der Waals surface area contributed by atoms with Gasteiger partial charge in [-0.05, 0) is 19.9 Å². The van der Waals surface area contributed by atoms with Crippen molar-refractivity contribution in [3.63, 3.8) is 0 Å². The van der Waals surface area contributed by atoms with E-state index in [4.69, 9.17) is 5.26 Å². The molecule has 0 aliphatic heterocycles. The van der Waals surface area contributed by atoms with E-state index in [9.17, 15) is 4.79 Å². The maximum atomic E-state index is 11.5. The number of aromatic nitrogens is 2. The lowest BCUT2D eigenvalue weighted by molar-refractivity contribution is -0.120. The number of likely N-dealkylation sites (N-methyl/N-ethyl adjacent to an activating group) is 1. The molecule has 0 spiro atoms. The van der Waals surface area contributed by atoms with Gasteiger partial charge in [0.2, 0.25) is 11.9 Å². The van der Waals surface area contributed by atoms with Crippen LogP contribution in [-0.2, 0) is 4.79 Å². The molecule has 90 valence electrons. The molecule has 17 heavy (non-hydrogen) atoms. The Balaban J connectivity index is 2.66. The fourth-order valence-corrected chi connectivity index (χ4v) is 1.25. The van der Waals surface area contributed by atoms with Crippen LogP contribution in [0.3, 0.4) is 0 Å². The number of nitrogens with one attached hydrogen (secondary N) is 1. The second kappa shape index (κ2) is 5.80. The van der Waals surface area contributed by atoms with Crippen molar-refractivity contribution in [2.45, 2.75) is 19.9 Å². The number of anilines is 1. The maximum Gasteiger partial charge on any atom is 0.239 e. The first-order valence-corrected chi connectivity index (χ1v) is 5.26. The van der Waals surface area contributed by atoms with Crippen molar-refractivity contribution in [2.24, 2.45) is 0 Å². The van der Waals surface area contributed by atoms with Crippen molar-refractivity contribution < 1.29 is 4.79 Å². The molecule has 0 unspecified atom stereocenters. The summed E-state index contributed by atoms with van der Waals surface area (Å²) in [5.74, 6) is 0.261. The van der Waals surface area contributed by atoms with Crippen molar-refractivity contribution in [2.75, 3.05) is 18.5 Å². The quantitative estimate of drug-likeness (QED) is 0.809. The lowest BCUT2D eigenvalue weighted by atomic mass is 10.4. The summed E-state index contributed by atoms with van der Waals surface area (Å²) in [6.45, 7) is 3.95. The summed E-state index contributed by atoms with van der Waals surface area (Å²) in [5.41, 5.74) is 0.283. The zero-order chi connectivity index (χ0) is 12.8. The Hall–Kier alpha value is -2.16. The Morgan fingerprint density at radius 1 is 1.65 bits per heavy atom. The molecule has 1 aromatic rings. The zero-order valence-electron chi connectivity index (χ0n) is 10.1. The van der Waals surface area contributed by atoms with E-state index >= 15 is 0 Å². The number of amides is 1. The fourth-order valence-electron chi connectivity index (χ4n) is 1.25. The summed E-state index contributed by atoms with van der Waals surface area (Å²) < 4.78 is 0. The number of carbonyl (C=O) groups is 1. The number of rotatable bonds is 4. The van der Waals surface area contributed by atoms with Gasteiger partial charge in [0.05, 0.1) is 6.54 Å². The Morgan fingerprint density at radius 3 is 2.94 bits per heavy atom. The summed E-state index contributed by atoms with van der Waals surface area (Å²) in [4.78, 5) is 21.1. The summed E-state index contributed by atoms with van der Waals surface area (Å²) in [6, 6.07) is 3.55. The van der Waals surface area contributed by atoms with E-state index in [0.29, 0.717) is 5.95 Å². The third-order valence-electron chi connectivity index (χ3n) is 1.93. The second-order valence-electron chi connectivity index (χ2n) is 3.93. The highest BCUT2D eigenvalue weighted by molar-refractivity contribution is 5.80. The van der Waals surface area contributed by atoms with Gasteiger partial charge >= 0.3 is 0 Å². The molecule has 0 saturated carbocycles. The lowest BCUT2D eigenvalue weighted by Crippen LogP contribution is -2.39. The number of carbonyl (C=O) groups excluding carboxylic acids is 1. The van der Waals surface area contributed by atoms with E-state index in [1.165, 1.54) is 12.3 Å². The van der Waals surface area contributed by atoms with Crippen molar-refractivity contribution in [1.82, 2.24) is 15.3 Å². The molecule has 1 amide bonds. The molecule has 0 saturated heterocycles. The maximum absolute atomic E-state index is 11.5. The number of nitrogens with zero attached hydrogens (tertiary/aromatic N) is 4. The van der Waals surface area contributed by atoms with Crippen molar-refractivity contribution >= 4 is 11.9 Å². The van der Waals surface area contributed by atoms with Crippen LogP contribution in [0.2, 0.25) is 0 Å². The van der Waals surface area contributed by atoms with Crippen LogP contribution in [0.1, 0.15) is 19.5 Å². The average molecular weight is 233 g/mol. The van der Waals surface area contributed by atoms with Crippen LogP contribution in [0.25, 0.3) is 0 Å². The molecule has 0 aliphatic carbocycles. The second-order valence-corrected chi connectivity index (χ2v) is 3.93. The van der Waals surface area contributed by atoms with Gasteiger partial charge in [-0.2, -0.15) is 5.26 Å². The smallest absolute Gasteiger partial charge is 0.239 e. The van der Waals surface area contributed by atoms with Gasteiger partial charge in [-0.25, -0.2) is 9.97 Å². The van der Waals surface area contributed by atoms with Gasteiger partial charge in [-0.3, -0.25) is 4.79 Å². The molecule has 0 aromatic carbocycles. The topological polar surface area (TPSA) is 81.9 Å². The van der Waals surface area contributed by atoms with E-state index in [0.717, 1.165) is 0 Å². The fraction of sp³-hybridized carbons (Fsp3) is 0.455. The Kier molecular flexibility index (Phi) is 4.40. The first-order valence-electron chi connectivity index (χ1n) is 5.26. The Bertz CT molecular complexity index is 438. The SMILES string of the molecule is CC(C)NC(=O)CN(C)c1nccc(C#N)n1. The van der Waals surface area contributed by atoms with Crippen molar-refractivity contribution in [3.8, 4) is 6.07 Å². The summed E-state index contributed by atoms with van der Waals surface area (Å²) in [5, 5.41) is 11.5. The van der Waals surface area contributed by atoms with Crippen LogP contribution in [0.15, 0.2) is 12.3 Å². The first kappa shape index (κ1) is 12.9. The Labute approximate surface area is 100 Å². The van der Waals surface area contributed by atoms with Gasteiger partial charge < -0.3 is 10.2 Å². The van der Waals surface area contributed by atoms with E-state index < -0.39 is 0 Å². The average Bonchev–Trinajstić information content (AvgIpc) is 2.27. The van der Waals surface area contributed by atoms with Gasteiger partial charge in [-0.15, -0.1) is 0 Å². The Morgan fingerprint density at radius 2 is 2.35 bits per heavy atom. The van der Waals surface area contributed by atoms with E-state index in [2.05, 4.69) is 15.3 Å². The molecule has 6 heteroatoms. The molecule has 0 atom stereocenters. The molecular weight excluding hydrogens is 218 g/mol. The van der Waals surface area contributed by atoms with Gasteiger partial charge in [0.1, 0.15) is 11.8 Å². The predicted molar refractivity (Wildman–Crippen MR) is 63.3 cm³/mol. The molecule has 1 aromatic heterocycles. The summed E-state index contributed by atoms with van der Waals surface area (Å²) >= 11 is 0. The van der Waals surface area contributed by atoms with Crippen molar-refractivity contribution in [1.29, 1.82) is 5.26 Å². The van der Waals surface area contributed by atoms with Gasteiger partial charge in [0, 0.05) is 19.3 Å². The summed E-state index contributed by atoms with van der Waals surface area (Å²) in [6.07, 6.45) is 1.50. The molecule has 1 rings (SSSR count). The number of nitriles is 1. The van der Waals surface area contributed by atoms with E-state index in [-0.39, 0.29) is 24.2 Å². The third kappa shape index (κ3) is 4.07. The third-order valence-corrected chi connectivity index (χ3v) is 1.93. The zero-order valence-corrected chi connectivity index (χ0v) is 10.1. The van der Waals surface area contributed by atoms with Gasteiger partial charge in [0.25, 0.3) is 0 Å². The molecule has 6 nitrogen and oxygen atoms in total. The molecule has 1 N–H and O–H groups in total. The first-order chi connectivity index (χ1) is 8.02. The van der Waals surface area contributed by atoms with Gasteiger partial charge in [-0.1, -0.05) is 0 Å².